The Morgan fingerprint density at radius 3 is 1.84 bits per heavy atom. The Hall–Kier alpha value is -7.63. The molecule has 0 saturated heterocycles. The van der Waals surface area contributed by atoms with Crippen LogP contribution in [0.4, 0.5) is 0 Å². The molecule has 0 saturated carbocycles. The molecule has 12 aromatic rings. The van der Waals surface area contributed by atoms with Crippen molar-refractivity contribution in [1.29, 1.82) is 0 Å². The van der Waals surface area contributed by atoms with E-state index in [0.717, 1.165) is 87.9 Å². The van der Waals surface area contributed by atoms with E-state index in [0.29, 0.717) is 17.5 Å². The van der Waals surface area contributed by atoms with Gasteiger partial charge in [0.25, 0.3) is 0 Å². The molecule has 9 aromatic carbocycles. The van der Waals surface area contributed by atoms with E-state index in [1.807, 2.05) is 36.4 Å². The van der Waals surface area contributed by atoms with Crippen molar-refractivity contribution >= 4 is 76.2 Å². The topological polar surface area (TPSA) is 65.0 Å². The first kappa shape index (κ1) is 30.8. The number of benzene rings is 9. The molecule has 0 fully saturated rings. The molecule has 0 aliphatic carbocycles. The molecule has 56 heavy (non-hydrogen) atoms. The van der Waals surface area contributed by atoms with Crippen LogP contribution in [0.1, 0.15) is 0 Å². The smallest absolute Gasteiger partial charge is 0.164 e. The van der Waals surface area contributed by atoms with Crippen molar-refractivity contribution in [2.75, 3.05) is 0 Å². The summed E-state index contributed by atoms with van der Waals surface area (Å²) in [7, 11) is 0. The number of nitrogens with zero attached hydrogens (tertiary/aromatic N) is 3. The second-order valence-electron chi connectivity index (χ2n) is 14.4. The molecule has 0 aliphatic heterocycles. The largest absolute Gasteiger partial charge is 0.456 e. The highest BCUT2D eigenvalue weighted by atomic mass is 16.3. The van der Waals surface area contributed by atoms with Crippen LogP contribution in [0.15, 0.2) is 185 Å². The lowest BCUT2D eigenvalue weighted by atomic mass is 9.99. The molecule has 3 aromatic heterocycles. The fourth-order valence-electron chi connectivity index (χ4n) is 8.39. The van der Waals surface area contributed by atoms with Crippen LogP contribution in [0.25, 0.3) is 121 Å². The van der Waals surface area contributed by atoms with Crippen LogP contribution >= 0.6 is 0 Å². The van der Waals surface area contributed by atoms with E-state index in [4.69, 9.17) is 23.8 Å². The first-order valence-corrected chi connectivity index (χ1v) is 18.8. The zero-order valence-corrected chi connectivity index (χ0v) is 29.9. The maximum Gasteiger partial charge on any atom is 0.164 e. The lowest BCUT2D eigenvalue weighted by Crippen LogP contribution is -2.00. The average Bonchev–Trinajstić information content (AvgIpc) is 3.83. The van der Waals surface area contributed by atoms with E-state index >= 15 is 0 Å². The first-order chi connectivity index (χ1) is 27.7. The Kier molecular flexibility index (Phi) is 6.56. The monoisotopic (exact) mass is 715 g/mol. The van der Waals surface area contributed by atoms with Gasteiger partial charge in [0.15, 0.2) is 17.5 Å². The van der Waals surface area contributed by atoms with Crippen LogP contribution in [0.5, 0.6) is 0 Å². The second kappa shape index (κ2) is 11.9. The molecule has 5 heteroatoms. The molecular formula is C51H29N3O2. The number of aromatic nitrogens is 3. The van der Waals surface area contributed by atoms with Crippen molar-refractivity contribution in [2.45, 2.75) is 0 Å². The normalized spacial score (nSPS) is 11.9. The Morgan fingerprint density at radius 2 is 0.946 bits per heavy atom. The summed E-state index contributed by atoms with van der Waals surface area (Å²) in [5.41, 5.74) is 8.18. The number of fused-ring (bicyclic) bond motifs is 10. The molecule has 0 radical (unpaired) electrons. The minimum Gasteiger partial charge on any atom is -0.456 e. The molecule has 0 unspecified atom stereocenters. The second-order valence-corrected chi connectivity index (χ2v) is 14.4. The van der Waals surface area contributed by atoms with Gasteiger partial charge in [0.05, 0.1) is 0 Å². The van der Waals surface area contributed by atoms with E-state index in [1.54, 1.807) is 0 Å². The van der Waals surface area contributed by atoms with Crippen molar-refractivity contribution in [2.24, 2.45) is 0 Å². The minimum absolute atomic E-state index is 0.579. The SMILES string of the molecule is c1ccc(-c2cccc3c2oc2cccc(-c4nc(-c5ccc6cc7c(cc6c5)oc5ccccc57)nc(-c5ccc6c(ccc7ccccc76)c5)n4)c23)cc1. The Labute approximate surface area is 320 Å². The fourth-order valence-corrected chi connectivity index (χ4v) is 8.39. The highest BCUT2D eigenvalue weighted by Crippen LogP contribution is 2.41. The van der Waals surface area contributed by atoms with Crippen molar-refractivity contribution in [3.63, 3.8) is 0 Å². The number of hydrogen-bond acceptors (Lipinski definition) is 5. The molecule has 0 amide bonds. The van der Waals surface area contributed by atoms with Crippen LogP contribution in [0.2, 0.25) is 0 Å². The van der Waals surface area contributed by atoms with Gasteiger partial charge in [-0.25, -0.2) is 15.0 Å². The zero-order chi connectivity index (χ0) is 36.7. The van der Waals surface area contributed by atoms with Crippen molar-refractivity contribution in [3.8, 4) is 45.3 Å². The number of para-hydroxylation sites is 2. The predicted molar refractivity (Wildman–Crippen MR) is 229 cm³/mol. The Morgan fingerprint density at radius 1 is 0.304 bits per heavy atom. The van der Waals surface area contributed by atoms with Gasteiger partial charge in [-0.05, 0) is 74.3 Å². The van der Waals surface area contributed by atoms with E-state index in [1.165, 1.54) is 16.2 Å². The summed E-state index contributed by atoms with van der Waals surface area (Å²) in [5.74, 6) is 1.77. The molecule has 0 bridgehead atoms. The van der Waals surface area contributed by atoms with Crippen LogP contribution in [0.3, 0.4) is 0 Å². The van der Waals surface area contributed by atoms with Gasteiger partial charge in [0.1, 0.15) is 22.3 Å². The van der Waals surface area contributed by atoms with Crippen LogP contribution in [0, 0.1) is 0 Å². The van der Waals surface area contributed by atoms with Crippen LogP contribution in [-0.2, 0) is 0 Å². The minimum atomic E-state index is 0.579. The third kappa shape index (κ3) is 4.78. The zero-order valence-electron chi connectivity index (χ0n) is 29.9. The quantitative estimate of drug-likeness (QED) is 0.170. The molecular weight excluding hydrogens is 687 g/mol. The maximum atomic E-state index is 6.64. The van der Waals surface area contributed by atoms with Crippen LogP contribution in [-0.4, -0.2) is 15.0 Å². The first-order valence-electron chi connectivity index (χ1n) is 18.8. The summed E-state index contributed by atoms with van der Waals surface area (Å²) in [5, 5.41) is 11.1. The van der Waals surface area contributed by atoms with Crippen molar-refractivity contribution in [1.82, 2.24) is 15.0 Å². The van der Waals surface area contributed by atoms with Gasteiger partial charge in [0, 0.05) is 43.8 Å². The molecule has 260 valence electrons. The van der Waals surface area contributed by atoms with Gasteiger partial charge >= 0.3 is 0 Å². The van der Waals surface area contributed by atoms with Gasteiger partial charge in [0.2, 0.25) is 0 Å². The van der Waals surface area contributed by atoms with E-state index in [-0.39, 0.29) is 0 Å². The Balaban J connectivity index is 1.08. The van der Waals surface area contributed by atoms with E-state index < -0.39 is 0 Å². The molecule has 0 N–H and O–H groups in total. The molecule has 3 heterocycles. The van der Waals surface area contributed by atoms with E-state index in [9.17, 15) is 0 Å². The summed E-state index contributed by atoms with van der Waals surface area (Å²) in [4.78, 5) is 15.7. The molecule has 0 atom stereocenters. The predicted octanol–water partition coefficient (Wildman–Crippen LogP) is 13.8. The third-order valence-corrected chi connectivity index (χ3v) is 11.1. The summed E-state index contributed by atoms with van der Waals surface area (Å²) >= 11 is 0. The number of furan rings is 2. The standard InChI is InChI=1S/C51H29N3O2/c1-2-10-30(11-3-1)39-15-8-16-41-47-42(17-9-19-45(47)56-48(39)41)51-53-49(34-23-21-32-28-43-40-14-6-7-18-44(40)55-46(43)29-36(32)27-34)52-50(54-51)35-24-25-38-33(26-35)22-20-31-12-4-5-13-37(31)38/h1-29H. The van der Waals surface area contributed by atoms with Crippen molar-refractivity contribution in [3.05, 3.63) is 176 Å². The lowest BCUT2D eigenvalue weighted by molar-refractivity contribution is 0.669. The molecule has 5 nitrogen and oxygen atoms in total. The van der Waals surface area contributed by atoms with Gasteiger partial charge < -0.3 is 8.83 Å². The van der Waals surface area contributed by atoms with Gasteiger partial charge in [-0.3, -0.25) is 0 Å². The summed E-state index contributed by atoms with van der Waals surface area (Å²) < 4.78 is 12.9. The molecule has 0 aliphatic rings. The Bertz CT molecular complexity index is 3550. The van der Waals surface area contributed by atoms with Gasteiger partial charge in [-0.15, -0.1) is 0 Å². The summed E-state index contributed by atoms with van der Waals surface area (Å²) in [6.45, 7) is 0. The molecule has 12 rings (SSSR count). The number of rotatable bonds is 4. The van der Waals surface area contributed by atoms with Gasteiger partial charge in [-0.2, -0.15) is 0 Å². The number of hydrogen-bond donors (Lipinski definition) is 0. The molecule has 0 spiro atoms. The maximum absolute atomic E-state index is 6.64. The van der Waals surface area contributed by atoms with Crippen molar-refractivity contribution < 1.29 is 8.83 Å². The summed E-state index contributed by atoms with van der Waals surface area (Å²) in [6.07, 6.45) is 0. The lowest BCUT2D eigenvalue weighted by Gasteiger charge is -2.11. The summed E-state index contributed by atoms with van der Waals surface area (Å²) in [6, 6.07) is 61.0. The van der Waals surface area contributed by atoms with Crippen LogP contribution < -0.4 is 0 Å². The van der Waals surface area contributed by atoms with Gasteiger partial charge in [-0.1, -0.05) is 140 Å². The third-order valence-electron chi connectivity index (χ3n) is 11.1. The average molecular weight is 716 g/mol. The highest BCUT2D eigenvalue weighted by molar-refractivity contribution is 6.15. The van der Waals surface area contributed by atoms with E-state index in [2.05, 4.69) is 140 Å². The fraction of sp³-hybridized carbons (Fsp3) is 0. The highest BCUT2D eigenvalue weighted by Gasteiger charge is 2.20.